The summed E-state index contributed by atoms with van der Waals surface area (Å²) in [6, 6.07) is 0.382. The maximum absolute atomic E-state index is 12.2. The van der Waals surface area contributed by atoms with Gasteiger partial charge in [0.15, 0.2) is 0 Å². The number of carbonyl (C=O) groups is 2. The highest BCUT2D eigenvalue weighted by Gasteiger charge is 2.38. The van der Waals surface area contributed by atoms with Crippen molar-refractivity contribution < 1.29 is 9.59 Å². The molecular formula is C14H22N2O2. The molecule has 1 N–H and O–H groups in total. The van der Waals surface area contributed by atoms with E-state index in [0.29, 0.717) is 0 Å². The molecule has 2 rings (SSSR count). The summed E-state index contributed by atoms with van der Waals surface area (Å²) in [6.07, 6.45) is 4.59. The highest BCUT2D eigenvalue weighted by Crippen LogP contribution is 2.36. The fourth-order valence-electron chi connectivity index (χ4n) is 2.99. The van der Waals surface area contributed by atoms with Gasteiger partial charge in [0.05, 0.1) is 12.5 Å². The Morgan fingerprint density at radius 2 is 2.17 bits per heavy atom. The van der Waals surface area contributed by atoms with Crippen LogP contribution in [0.15, 0.2) is 11.1 Å². The number of nitrogens with zero attached hydrogens (tertiary/aromatic N) is 1. The highest BCUT2D eigenvalue weighted by molar-refractivity contribution is 6.02. The lowest BCUT2D eigenvalue weighted by Crippen LogP contribution is -2.33. The summed E-state index contributed by atoms with van der Waals surface area (Å²) >= 11 is 0. The number of amides is 2. The van der Waals surface area contributed by atoms with E-state index in [0.717, 1.165) is 24.8 Å². The molecule has 0 bridgehead atoms. The third-order valence-corrected chi connectivity index (χ3v) is 3.80. The Morgan fingerprint density at radius 3 is 2.83 bits per heavy atom. The van der Waals surface area contributed by atoms with Gasteiger partial charge < -0.3 is 10.2 Å². The summed E-state index contributed by atoms with van der Waals surface area (Å²) in [5.41, 5.74) is 1.97. The molecule has 1 aliphatic heterocycles. The van der Waals surface area contributed by atoms with Crippen molar-refractivity contribution in [1.82, 2.24) is 10.2 Å². The number of rotatable bonds is 3. The van der Waals surface area contributed by atoms with Crippen molar-refractivity contribution in [2.24, 2.45) is 0 Å². The molecule has 1 heterocycles. The number of hydrogen-bond acceptors (Lipinski definition) is 2. The third-order valence-electron chi connectivity index (χ3n) is 3.80. The van der Waals surface area contributed by atoms with Crippen molar-refractivity contribution in [1.29, 1.82) is 0 Å². The van der Waals surface area contributed by atoms with E-state index in [1.165, 1.54) is 12.0 Å². The van der Waals surface area contributed by atoms with Crippen molar-refractivity contribution in [2.45, 2.75) is 58.0 Å². The molecule has 2 amide bonds. The first-order valence-corrected chi connectivity index (χ1v) is 6.79. The lowest BCUT2D eigenvalue weighted by atomic mass is 9.88. The first-order valence-electron chi connectivity index (χ1n) is 6.79. The van der Waals surface area contributed by atoms with Crippen molar-refractivity contribution in [3.63, 3.8) is 0 Å². The zero-order chi connectivity index (χ0) is 13.3. The van der Waals surface area contributed by atoms with Gasteiger partial charge >= 0.3 is 0 Å². The van der Waals surface area contributed by atoms with Crippen LogP contribution >= 0.6 is 0 Å². The normalized spacial score (nSPS) is 23.7. The van der Waals surface area contributed by atoms with Gasteiger partial charge in [0.1, 0.15) is 0 Å². The zero-order valence-corrected chi connectivity index (χ0v) is 11.5. The summed E-state index contributed by atoms with van der Waals surface area (Å²) in [5, 5.41) is 2.86. The fraction of sp³-hybridized carbons (Fsp3) is 0.714. The molecule has 2 aliphatic rings. The average Bonchev–Trinajstić information content (AvgIpc) is 2.54. The van der Waals surface area contributed by atoms with Crippen LogP contribution in [-0.4, -0.2) is 35.8 Å². The minimum atomic E-state index is -0.0412. The Morgan fingerprint density at radius 1 is 1.44 bits per heavy atom. The van der Waals surface area contributed by atoms with E-state index >= 15 is 0 Å². The number of fused-ring (bicyclic) bond motifs is 1. The highest BCUT2D eigenvalue weighted by atomic mass is 16.2. The lowest BCUT2D eigenvalue weighted by Gasteiger charge is -2.26. The predicted molar refractivity (Wildman–Crippen MR) is 69.9 cm³/mol. The van der Waals surface area contributed by atoms with Gasteiger partial charge in [-0.1, -0.05) is 6.42 Å². The van der Waals surface area contributed by atoms with E-state index in [1.807, 2.05) is 25.8 Å². The summed E-state index contributed by atoms with van der Waals surface area (Å²) in [7, 11) is 1.85. The fourth-order valence-corrected chi connectivity index (χ4v) is 2.99. The summed E-state index contributed by atoms with van der Waals surface area (Å²) < 4.78 is 0. The van der Waals surface area contributed by atoms with Gasteiger partial charge in [0, 0.05) is 18.7 Å². The van der Waals surface area contributed by atoms with Gasteiger partial charge in [-0.15, -0.1) is 0 Å². The van der Waals surface area contributed by atoms with E-state index in [1.54, 1.807) is 0 Å². The second-order valence-corrected chi connectivity index (χ2v) is 5.58. The van der Waals surface area contributed by atoms with Gasteiger partial charge in [-0.25, -0.2) is 0 Å². The summed E-state index contributed by atoms with van der Waals surface area (Å²) in [6.45, 7) is 3.86. The monoisotopic (exact) mass is 250 g/mol. The minimum absolute atomic E-state index is 0.0412. The molecule has 1 unspecified atom stereocenters. The number of nitrogens with one attached hydrogen (secondary N) is 1. The Labute approximate surface area is 108 Å². The lowest BCUT2D eigenvalue weighted by molar-refractivity contribution is -0.128. The quantitative estimate of drug-likeness (QED) is 0.827. The molecule has 0 aromatic rings. The second kappa shape index (κ2) is 5.12. The van der Waals surface area contributed by atoms with Crippen LogP contribution in [0, 0.1) is 0 Å². The van der Waals surface area contributed by atoms with E-state index in [2.05, 4.69) is 5.32 Å². The molecule has 1 atom stereocenters. The van der Waals surface area contributed by atoms with Gasteiger partial charge in [-0.3, -0.25) is 9.59 Å². The Kier molecular flexibility index (Phi) is 3.73. The molecule has 0 aromatic heterocycles. The maximum atomic E-state index is 12.2. The summed E-state index contributed by atoms with van der Waals surface area (Å²) in [4.78, 5) is 25.8. The SMILES string of the molecule is CC(C)NC(=O)CC1=C2CCCCC2N(C)C1=O. The summed E-state index contributed by atoms with van der Waals surface area (Å²) in [5.74, 6) is 0.0104. The number of carbonyl (C=O) groups excluding carboxylic acids is 2. The molecule has 0 spiro atoms. The Hall–Kier alpha value is -1.32. The van der Waals surface area contributed by atoms with Crippen LogP contribution in [0.1, 0.15) is 46.0 Å². The van der Waals surface area contributed by atoms with Crippen LogP contribution in [0.5, 0.6) is 0 Å². The number of likely N-dealkylation sites (N-methyl/N-ethyl adjacent to an activating group) is 1. The predicted octanol–water partition coefficient (Wildman–Crippen LogP) is 1.61. The van der Waals surface area contributed by atoms with Gasteiger partial charge in [0.2, 0.25) is 5.91 Å². The van der Waals surface area contributed by atoms with Crippen molar-refractivity contribution in [2.75, 3.05) is 7.05 Å². The molecule has 0 saturated heterocycles. The molecule has 18 heavy (non-hydrogen) atoms. The van der Waals surface area contributed by atoms with Crippen LogP contribution in [0.4, 0.5) is 0 Å². The molecule has 100 valence electrons. The standard InChI is InChI=1S/C14H22N2O2/c1-9(2)15-13(17)8-11-10-6-4-5-7-12(10)16(3)14(11)18/h9,12H,4-8H2,1-3H3,(H,15,17). The molecule has 0 aromatic carbocycles. The van der Waals surface area contributed by atoms with Crippen molar-refractivity contribution in [3.8, 4) is 0 Å². The minimum Gasteiger partial charge on any atom is -0.354 e. The second-order valence-electron chi connectivity index (χ2n) is 5.58. The van der Waals surface area contributed by atoms with Crippen LogP contribution in [-0.2, 0) is 9.59 Å². The molecule has 4 heteroatoms. The van der Waals surface area contributed by atoms with E-state index in [-0.39, 0.29) is 30.3 Å². The Bertz CT molecular complexity index is 399. The Balaban J connectivity index is 2.14. The van der Waals surface area contributed by atoms with E-state index < -0.39 is 0 Å². The van der Waals surface area contributed by atoms with Gasteiger partial charge in [-0.05, 0) is 38.7 Å². The maximum Gasteiger partial charge on any atom is 0.250 e. The van der Waals surface area contributed by atoms with Crippen LogP contribution in [0.25, 0.3) is 0 Å². The van der Waals surface area contributed by atoms with E-state index in [9.17, 15) is 9.59 Å². The molecule has 4 nitrogen and oxygen atoms in total. The van der Waals surface area contributed by atoms with Crippen molar-refractivity contribution in [3.05, 3.63) is 11.1 Å². The topological polar surface area (TPSA) is 49.4 Å². The van der Waals surface area contributed by atoms with Crippen LogP contribution in [0.3, 0.4) is 0 Å². The first-order chi connectivity index (χ1) is 8.50. The zero-order valence-electron chi connectivity index (χ0n) is 11.5. The first kappa shape index (κ1) is 13.1. The molecule has 1 saturated carbocycles. The third kappa shape index (κ3) is 2.42. The van der Waals surface area contributed by atoms with Gasteiger partial charge in [-0.2, -0.15) is 0 Å². The number of hydrogen-bond donors (Lipinski definition) is 1. The van der Waals surface area contributed by atoms with Crippen LogP contribution < -0.4 is 5.32 Å². The average molecular weight is 250 g/mol. The smallest absolute Gasteiger partial charge is 0.250 e. The van der Waals surface area contributed by atoms with Crippen molar-refractivity contribution >= 4 is 11.8 Å². The molecule has 0 radical (unpaired) electrons. The molecule has 1 fully saturated rings. The largest absolute Gasteiger partial charge is 0.354 e. The van der Waals surface area contributed by atoms with E-state index in [4.69, 9.17) is 0 Å². The molecule has 1 aliphatic carbocycles. The van der Waals surface area contributed by atoms with Gasteiger partial charge in [0.25, 0.3) is 5.91 Å². The van der Waals surface area contributed by atoms with Crippen LogP contribution in [0.2, 0.25) is 0 Å². The molecular weight excluding hydrogens is 228 g/mol.